The summed E-state index contributed by atoms with van der Waals surface area (Å²) >= 11 is 4.67. The number of halogens is 1. The molecule has 0 radical (unpaired) electrons. The van der Waals surface area contributed by atoms with E-state index in [4.69, 9.17) is 30.1 Å². The van der Waals surface area contributed by atoms with E-state index in [1.54, 1.807) is 38.1 Å². The standard InChI is InChI=1S/C29H27BrN2O7S/c1-7-11-39-20-10-9-19(30)12-17(20)15-23-27(33)32-25(18-13-21(35-4)26(37-6)22(14-18)36-5)24(28(34)38-8-2)16(3)31-29(32)40-23/h1,9-10,12-15,25H,8,11H2,2-6H3/b23-15-/t25-/m0/s1. The lowest BCUT2D eigenvalue weighted by molar-refractivity contribution is -0.139. The van der Waals surface area contributed by atoms with Gasteiger partial charge in [-0.3, -0.25) is 9.36 Å². The van der Waals surface area contributed by atoms with Gasteiger partial charge in [0.25, 0.3) is 5.56 Å². The molecular weight excluding hydrogens is 600 g/mol. The first-order valence-electron chi connectivity index (χ1n) is 12.1. The largest absolute Gasteiger partial charge is 0.493 e. The highest BCUT2D eigenvalue weighted by molar-refractivity contribution is 9.10. The van der Waals surface area contributed by atoms with Crippen LogP contribution in [0.1, 0.15) is 31.0 Å². The zero-order chi connectivity index (χ0) is 29.0. The number of nitrogens with zero attached hydrogens (tertiary/aromatic N) is 2. The fourth-order valence-electron chi connectivity index (χ4n) is 4.39. The average Bonchev–Trinajstić information content (AvgIpc) is 3.24. The van der Waals surface area contributed by atoms with Gasteiger partial charge in [0.15, 0.2) is 16.3 Å². The summed E-state index contributed by atoms with van der Waals surface area (Å²) in [5, 5.41) is 0. The molecule has 0 spiro atoms. The molecule has 9 nitrogen and oxygen atoms in total. The third kappa shape index (κ3) is 5.50. The Hall–Kier alpha value is -4.01. The van der Waals surface area contributed by atoms with E-state index in [1.165, 1.54) is 37.2 Å². The van der Waals surface area contributed by atoms with Crippen molar-refractivity contribution in [2.75, 3.05) is 34.5 Å². The number of hydrogen-bond acceptors (Lipinski definition) is 9. The number of rotatable bonds is 9. The predicted molar refractivity (Wildman–Crippen MR) is 155 cm³/mol. The number of benzene rings is 2. The molecule has 208 valence electrons. The van der Waals surface area contributed by atoms with Crippen molar-refractivity contribution < 1.29 is 28.5 Å². The number of thiazole rings is 1. The fourth-order valence-corrected chi connectivity index (χ4v) is 5.81. The molecule has 0 amide bonds. The van der Waals surface area contributed by atoms with E-state index in [9.17, 15) is 9.59 Å². The number of carbonyl (C=O) groups excluding carboxylic acids is 1. The van der Waals surface area contributed by atoms with Crippen LogP contribution >= 0.6 is 27.3 Å². The summed E-state index contributed by atoms with van der Waals surface area (Å²) in [6.07, 6.45) is 7.09. The van der Waals surface area contributed by atoms with Crippen molar-refractivity contribution in [2.45, 2.75) is 19.9 Å². The second kappa shape index (κ2) is 12.4. The van der Waals surface area contributed by atoms with Crippen LogP contribution in [0.15, 0.2) is 55.9 Å². The van der Waals surface area contributed by atoms with Gasteiger partial charge >= 0.3 is 5.97 Å². The molecule has 0 N–H and O–H groups in total. The number of hydrogen-bond donors (Lipinski definition) is 0. The summed E-state index contributed by atoms with van der Waals surface area (Å²) in [5.74, 6) is 3.53. The van der Waals surface area contributed by atoms with E-state index in [0.717, 1.165) is 4.47 Å². The lowest BCUT2D eigenvalue weighted by Crippen LogP contribution is -2.40. The Kier molecular flexibility index (Phi) is 9.02. The highest BCUT2D eigenvalue weighted by Gasteiger charge is 2.34. The van der Waals surface area contributed by atoms with E-state index in [2.05, 4.69) is 26.8 Å². The Morgan fingerprint density at radius 2 is 1.85 bits per heavy atom. The van der Waals surface area contributed by atoms with Crippen LogP contribution in [0.3, 0.4) is 0 Å². The predicted octanol–water partition coefficient (Wildman–Crippen LogP) is 3.60. The van der Waals surface area contributed by atoms with Crippen LogP contribution in [0, 0.1) is 12.3 Å². The van der Waals surface area contributed by atoms with Crippen LogP contribution < -0.4 is 33.8 Å². The zero-order valence-corrected chi connectivity index (χ0v) is 25.0. The van der Waals surface area contributed by atoms with Crippen molar-refractivity contribution in [3.8, 4) is 35.3 Å². The first kappa shape index (κ1) is 29.0. The molecule has 2 heterocycles. The van der Waals surface area contributed by atoms with Crippen LogP contribution in [0.25, 0.3) is 6.08 Å². The zero-order valence-electron chi connectivity index (χ0n) is 22.6. The topological polar surface area (TPSA) is 97.6 Å². The Balaban J connectivity index is 2.01. The molecule has 0 bridgehead atoms. The van der Waals surface area contributed by atoms with Gasteiger partial charge in [-0.05, 0) is 55.8 Å². The molecule has 0 saturated heterocycles. The van der Waals surface area contributed by atoms with Crippen molar-refractivity contribution in [3.63, 3.8) is 0 Å². The maximum Gasteiger partial charge on any atom is 0.338 e. The van der Waals surface area contributed by atoms with Crippen molar-refractivity contribution in [2.24, 2.45) is 4.99 Å². The van der Waals surface area contributed by atoms with Crippen LogP contribution in [-0.2, 0) is 9.53 Å². The third-order valence-corrected chi connectivity index (χ3v) is 7.57. The maximum absolute atomic E-state index is 14.0. The number of methoxy groups -OCH3 is 3. The summed E-state index contributed by atoms with van der Waals surface area (Å²) < 4.78 is 30.3. The second-order valence-corrected chi connectivity index (χ2v) is 10.4. The summed E-state index contributed by atoms with van der Waals surface area (Å²) in [6.45, 7) is 3.67. The Labute approximate surface area is 243 Å². The SMILES string of the molecule is C#CCOc1ccc(Br)cc1/C=c1\sc2n(c1=O)[C@@H](c1cc(OC)c(OC)c(OC)c1)C(C(=O)OCC)=C(C)N=2. The number of allylic oxidation sites excluding steroid dienone is 1. The summed E-state index contributed by atoms with van der Waals surface area (Å²) in [6, 6.07) is 7.97. The van der Waals surface area contributed by atoms with Crippen LogP contribution in [0.4, 0.5) is 0 Å². The first-order valence-corrected chi connectivity index (χ1v) is 13.7. The molecule has 0 saturated carbocycles. The summed E-state index contributed by atoms with van der Waals surface area (Å²) in [4.78, 5) is 32.3. The number of esters is 1. The van der Waals surface area contributed by atoms with Crippen molar-refractivity contribution in [1.82, 2.24) is 4.57 Å². The number of carbonyl (C=O) groups is 1. The number of ether oxygens (including phenoxy) is 5. The van der Waals surface area contributed by atoms with Gasteiger partial charge in [0.05, 0.1) is 49.8 Å². The molecule has 1 atom stereocenters. The molecule has 3 aromatic rings. The van der Waals surface area contributed by atoms with Crippen molar-refractivity contribution >= 4 is 39.3 Å². The Morgan fingerprint density at radius 3 is 2.45 bits per heavy atom. The molecule has 0 unspecified atom stereocenters. The molecule has 1 aromatic heterocycles. The normalized spacial score (nSPS) is 14.6. The van der Waals surface area contributed by atoms with E-state index < -0.39 is 12.0 Å². The molecule has 4 rings (SSSR count). The number of terminal acetylenes is 1. The van der Waals surface area contributed by atoms with Gasteiger partial charge in [-0.2, -0.15) is 0 Å². The number of fused-ring (bicyclic) bond motifs is 1. The smallest absolute Gasteiger partial charge is 0.338 e. The second-order valence-electron chi connectivity index (χ2n) is 8.44. The molecule has 1 aliphatic heterocycles. The van der Waals surface area contributed by atoms with Crippen LogP contribution in [0.2, 0.25) is 0 Å². The minimum absolute atomic E-state index is 0.0763. The van der Waals surface area contributed by atoms with Crippen molar-refractivity contribution in [3.05, 3.63) is 76.9 Å². The lowest BCUT2D eigenvalue weighted by Gasteiger charge is -2.26. The quantitative estimate of drug-likeness (QED) is 0.264. The van der Waals surface area contributed by atoms with Crippen molar-refractivity contribution in [1.29, 1.82) is 0 Å². The monoisotopic (exact) mass is 626 g/mol. The highest BCUT2D eigenvalue weighted by Crippen LogP contribution is 2.42. The van der Waals surface area contributed by atoms with Gasteiger partial charge in [-0.15, -0.1) is 6.42 Å². The minimum atomic E-state index is -0.870. The van der Waals surface area contributed by atoms with Gasteiger partial charge in [-0.25, -0.2) is 9.79 Å². The van der Waals surface area contributed by atoms with Gasteiger partial charge < -0.3 is 23.7 Å². The molecular formula is C29H27BrN2O7S. The van der Waals surface area contributed by atoms with Gasteiger partial charge in [-0.1, -0.05) is 33.2 Å². The maximum atomic E-state index is 14.0. The summed E-state index contributed by atoms with van der Waals surface area (Å²) in [7, 11) is 4.50. The van der Waals surface area contributed by atoms with E-state index in [1.807, 2.05) is 12.1 Å². The molecule has 0 aliphatic carbocycles. The molecule has 2 aromatic carbocycles. The molecule has 11 heteroatoms. The summed E-state index contributed by atoms with van der Waals surface area (Å²) in [5.41, 5.74) is 1.53. The average molecular weight is 628 g/mol. The van der Waals surface area contributed by atoms with E-state index in [-0.39, 0.29) is 24.3 Å². The van der Waals surface area contributed by atoms with Gasteiger partial charge in [0, 0.05) is 10.0 Å². The molecule has 40 heavy (non-hydrogen) atoms. The Morgan fingerprint density at radius 1 is 1.15 bits per heavy atom. The highest BCUT2D eigenvalue weighted by atomic mass is 79.9. The molecule has 1 aliphatic rings. The fraction of sp³-hybridized carbons (Fsp3) is 0.276. The lowest BCUT2D eigenvalue weighted by atomic mass is 9.95. The number of aromatic nitrogens is 1. The van der Waals surface area contributed by atoms with Crippen LogP contribution in [-0.4, -0.2) is 45.1 Å². The van der Waals surface area contributed by atoms with E-state index >= 15 is 0 Å². The first-order chi connectivity index (χ1) is 19.3. The van der Waals surface area contributed by atoms with Crippen LogP contribution in [0.5, 0.6) is 23.0 Å². The van der Waals surface area contributed by atoms with E-state index in [0.29, 0.717) is 49.2 Å². The minimum Gasteiger partial charge on any atom is -0.493 e. The Bertz CT molecular complexity index is 1690. The molecule has 0 fully saturated rings. The van der Waals surface area contributed by atoms with Gasteiger partial charge in [0.2, 0.25) is 5.75 Å². The van der Waals surface area contributed by atoms with Gasteiger partial charge in [0.1, 0.15) is 12.4 Å². The third-order valence-electron chi connectivity index (χ3n) is 6.09.